The van der Waals surface area contributed by atoms with Gasteiger partial charge in [0, 0.05) is 9.40 Å². The molecule has 0 aliphatic carbocycles. The zero-order chi connectivity index (χ0) is 9.71. The minimum atomic E-state index is 1.40. The molecule has 2 heterocycles. The average Bonchev–Trinajstić information content (AvgIpc) is 2.71. The molecule has 0 aliphatic heterocycles. The largest absolute Gasteiger partial charge is 0.144 e. The molecule has 0 atom stereocenters. The lowest BCUT2D eigenvalue weighted by Crippen LogP contribution is -1.69. The molecule has 1 aromatic carbocycles. The summed E-state index contributed by atoms with van der Waals surface area (Å²) in [5.74, 6) is 0. The fourth-order valence-electron chi connectivity index (χ4n) is 1.80. The number of benzene rings is 1. The second-order valence-corrected chi connectivity index (χ2v) is 5.50. The van der Waals surface area contributed by atoms with Crippen LogP contribution in [0.15, 0.2) is 22.9 Å². The Hall–Kier alpha value is -0.860. The molecule has 0 radical (unpaired) electrons. The zero-order valence-corrected chi connectivity index (χ0v) is 9.76. The van der Waals surface area contributed by atoms with Gasteiger partial charge in [0.1, 0.15) is 0 Å². The summed E-state index contributed by atoms with van der Waals surface area (Å²) in [6.07, 6.45) is 0. The molecule has 0 saturated carbocycles. The van der Waals surface area contributed by atoms with Crippen molar-refractivity contribution in [1.29, 1.82) is 0 Å². The Bertz CT molecular complexity index is 557. The van der Waals surface area contributed by atoms with Crippen LogP contribution in [-0.4, -0.2) is 0 Å². The van der Waals surface area contributed by atoms with Gasteiger partial charge in [-0.05, 0) is 58.6 Å². The monoisotopic (exact) mass is 218 g/mol. The van der Waals surface area contributed by atoms with Gasteiger partial charge in [0.2, 0.25) is 0 Å². The molecule has 0 saturated heterocycles. The van der Waals surface area contributed by atoms with Crippen molar-refractivity contribution in [2.45, 2.75) is 13.8 Å². The lowest BCUT2D eigenvalue weighted by molar-refractivity contribution is 1.59. The number of hydrogen-bond donors (Lipinski definition) is 0. The Morgan fingerprint density at radius 1 is 0.786 bits per heavy atom. The number of fused-ring (bicyclic) bond motifs is 2. The summed E-state index contributed by atoms with van der Waals surface area (Å²) in [5.41, 5.74) is 2.80. The minimum absolute atomic E-state index is 1.40. The van der Waals surface area contributed by atoms with Crippen LogP contribution in [0.5, 0.6) is 0 Å². The van der Waals surface area contributed by atoms with E-state index in [9.17, 15) is 0 Å². The molecule has 3 aromatic rings. The SMILES string of the molecule is Cc1csc2cc3c(C)csc3cc12. The molecule has 14 heavy (non-hydrogen) atoms. The van der Waals surface area contributed by atoms with Crippen molar-refractivity contribution < 1.29 is 0 Å². The normalized spacial score (nSPS) is 11.6. The van der Waals surface area contributed by atoms with E-state index in [1.807, 2.05) is 22.7 Å². The van der Waals surface area contributed by atoms with Crippen LogP contribution >= 0.6 is 22.7 Å². The smallest absolute Gasteiger partial charge is 0.0352 e. The summed E-state index contributed by atoms with van der Waals surface area (Å²) >= 11 is 3.69. The first-order valence-electron chi connectivity index (χ1n) is 4.61. The van der Waals surface area contributed by atoms with Gasteiger partial charge in [-0.15, -0.1) is 22.7 Å². The van der Waals surface area contributed by atoms with Gasteiger partial charge in [0.25, 0.3) is 0 Å². The van der Waals surface area contributed by atoms with Crippen molar-refractivity contribution in [3.8, 4) is 0 Å². The molecule has 0 nitrogen and oxygen atoms in total. The highest BCUT2D eigenvalue weighted by Crippen LogP contribution is 2.34. The van der Waals surface area contributed by atoms with E-state index in [-0.39, 0.29) is 0 Å². The first kappa shape index (κ1) is 8.45. The lowest BCUT2D eigenvalue weighted by Gasteiger charge is -1.94. The molecule has 0 fully saturated rings. The molecule has 0 spiro atoms. The first-order valence-corrected chi connectivity index (χ1v) is 6.37. The van der Waals surface area contributed by atoms with Gasteiger partial charge >= 0.3 is 0 Å². The summed E-state index contributed by atoms with van der Waals surface area (Å²) < 4.78 is 2.83. The van der Waals surface area contributed by atoms with Gasteiger partial charge in [-0.2, -0.15) is 0 Å². The van der Waals surface area contributed by atoms with Crippen LogP contribution in [0.4, 0.5) is 0 Å². The fourth-order valence-corrected chi connectivity index (χ4v) is 3.73. The summed E-state index contributed by atoms with van der Waals surface area (Å²) in [4.78, 5) is 0. The van der Waals surface area contributed by atoms with Crippen molar-refractivity contribution in [2.24, 2.45) is 0 Å². The quantitative estimate of drug-likeness (QED) is 0.511. The van der Waals surface area contributed by atoms with E-state index in [1.165, 1.54) is 31.3 Å². The summed E-state index contributed by atoms with van der Waals surface area (Å²) in [7, 11) is 0. The highest BCUT2D eigenvalue weighted by atomic mass is 32.1. The third-order valence-corrected chi connectivity index (χ3v) is 4.78. The van der Waals surface area contributed by atoms with E-state index in [2.05, 4.69) is 36.7 Å². The van der Waals surface area contributed by atoms with Crippen LogP contribution in [0.3, 0.4) is 0 Å². The van der Waals surface area contributed by atoms with E-state index in [1.54, 1.807) is 0 Å². The predicted octanol–water partition coefficient (Wildman–Crippen LogP) is 4.73. The molecule has 0 aliphatic rings. The Labute approximate surface area is 90.8 Å². The van der Waals surface area contributed by atoms with Crippen molar-refractivity contribution >= 4 is 42.8 Å². The molecular formula is C12H10S2. The van der Waals surface area contributed by atoms with Crippen molar-refractivity contribution in [2.75, 3.05) is 0 Å². The zero-order valence-electron chi connectivity index (χ0n) is 8.13. The third kappa shape index (κ3) is 1.04. The standard InChI is InChI=1S/C12H10S2/c1-7-5-13-11-4-10-8(2)6-14-12(10)3-9(7)11/h3-6H,1-2H3. The van der Waals surface area contributed by atoms with E-state index in [4.69, 9.17) is 0 Å². The summed E-state index contributed by atoms with van der Waals surface area (Å²) in [6.45, 7) is 4.37. The van der Waals surface area contributed by atoms with Crippen molar-refractivity contribution in [3.63, 3.8) is 0 Å². The number of thiophene rings is 2. The number of hydrogen-bond acceptors (Lipinski definition) is 2. The minimum Gasteiger partial charge on any atom is -0.144 e. The molecule has 2 heteroatoms. The second kappa shape index (κ2) is 2.81. The molecule has 2 aromatic heterocycles. The van der Waals surface area contributed by atoms with Crippen LogP contribution < -0.4 is 0 Å². The molecule has 0 amide bonds. The van der Waals surface area contributed by atoms with E-state index < -0.39 is 0 Å². The van der Waals surface area contributed by atoms with Gasteiger partial charge in [-0.3, -0.25) is 0 Å². The van der Waals surface area contributed by atoms with Gasteiger partial charge in [0.05, 0.1) is 0 Å². The Morgan fingerprint density at radius 3 is 1.64 bits per heavy atom. The summed E-state index contributed by atoms with van der Waals surface area (Å²) in [5, 5.41) is 7.32. The van der Waals surface area contributed by atoms with Crippen LogP contribution in [0.1, 0.15) is 11.1 Å². The molecule has 0 bridgehead atoms. The average molecular weight is 218 g/mol. The molecular weight excluding hydrogens is 208 g/mol. The Balaban J connectivity index is 2.56. The maximum Gasteiger partial charge on any atom is 0.0352 e. The molecule has 0 N–H and O–H groups in total. The molecule has 0 unspecified atom stereocenters. The van der Waals surface area contributed by atoms with E-state index in [0.29, 0.717) is 0 Å². The van der Waals surface area contributed by atoms with Gasteiger partial charge in [-0.25, -0.2) is 0 Å². The van der Waals surface area contributed by atoms with E-state index in [0.717, 1.165) is 0 Å². The second-order valence-electron chi connectivity index (χ2n) is 3.68. The van der Waals surface area contributed by atoms with Gasteiger partial charge in [-0.1, -0.05) is 0 Å². The van der Waals surface area contributed by atoms with Crippen LogP contribution in [0.2, 0.25) is 0 Å². The number of rotatable bonds is 0. The maximum atomic E-state index is 2.33. The Morgan fingerprint density at radius 2 is 1.21 bits per heavy atom. The Kier molecular flexibility index (Phi) is 1.70. The highest BCUT2D eigenvalue weighted by Gasteiger charge is 2.05. The van der Waals surface area contributed by atoms with Crippen LogP contribution in [0.25, 0.3) is 20.2 Å². The fraction of sp³-hybridized carbons (Fsp3) is 0.167. The lowest BCUT2D eigenvalue weighted by atomic mass is 10.1. The maximum absolute atomic E-state index is 2.33. The van der Waals surface area contributed by atoms with Crippen molar-refractivity contribution in [1.82, 2.24) is 0 Å². The highest BCUT2D eigenvalue weighted by molar-refractivity contribution is 7.19. The topological polar surface area (TPSA) is 0 Å². The van der Waals surface area contributed by atoms with E-state index >= 15 is 0 Å². The predicted molar refractivity (Wildman–Crippen MR) is 66.7 cm³/mol. The molecule has 70 valence electrons. The first-order chi connectivity index (χ1) is 6.75. The number of aryl methyl sites for hydroxylation is 2. The van der Waals surface area contributed by atoms with Crippen LogP contribution in [-0.2, 0) is 0 Å². The van der Waals surface area contributed by atoms with Crippen LogP contribution in [0, 0.1) is 13.8 Å². The van der Waals surface area contributed by atoms with Gasteiger partial charge in [0.15, 0.2) is 0 Å². The molecule has 3 rings (SSSR count). The summed E-state index contributed by atoms with van der Waals surface area (Å²) in [6, 6.07) is 4.66. The third-order valence-electron chi connectivity index (χ3n) is 2.66. The van der Waals surface area contributed by atoms with Gasteiger partial charge < -0.3 is 0 Å². The van der Waals surface area contributed by atoms with Crippen molar-refractivity contribution in [3.05, 3.63) is 34.0 Å².